The Morgan fingerprint density at radius 2 is 2.08 bits per heavy atom. The molecule has 0 amide bonds. The van der Waals surface area contributed by atoms with Crippen molar-refractivity contribution >= 4 is 5.82 Å². The van der Waals surface area contributed by atoms with Crippen LogP contribution in [0.15, 0.2) is 12.3 Å². The summed E-state index contributed by atoms with van der Waals surface area (Å²) in [6.07, 6.45) is 4.34. The molecule has 0 radical (unpaired) electrons. The van der Waals surface area contributed by atoms with Crippen LogP contribution in [0.4, 0.5) is 5.82 Å². The van der Waals surface area contributed by atoms with Crippen LogP contribution in [0.1, 0.15) is 24.3 Å². The minimum Gasteiger partial charge on any atom is -0.385 e. The van der Waals surface area contributed by atoms with E-state index in [1.165, 1.54) is 18.4 Å². The molecule has 12 heavy (non-hydrogen) atoms. The highest BCUT2D eigenvalue weighted by Crippen LogP contribution is 2.28. The molecule has 0 aliphatic carbocycles. The lowest BCUT2D eigenvalue weighted by molar-refractivity contribution is 0.461. The van der Waals surface area contributed by atoms with Gasteiger partial charge in [0.1, 0.15) is 5.82 Å². The third kappa shape index (κ3) is 1.32. The average molecular weight is 165 g/mol. The molecule has 0 aromatic carbocycles. The fourth-order valence-corrected chi connectivity index (χ4v) is 1.88. The zero-order chi connectivity index (χ0) is 8.39. The Hall–Kier alpha value is -0.960. The molecule has 1 saturated heterocycles. The molecule has 2 rings (SSSR count). The molecule has 4 N–H and O–H groups in total. The highest BCUT2D eigenvalue weighted by atomic mass is 14.9. The molecule has 0 saturated carbocycles. The molecule has 0 bridgehead atoms. The molecule has 1 aromatic rings. The molecule has 3 heteroatoms. The lowest BCUT2D eigenvalue weighted by atomic mass is 9.92. The van der Waals surface area contributed by atoms with E-state index in [0.29, 0.717) is 5.92 Å². The van der Waals surface area contributed by atoms with E-state index in [9.17, 15) is 0 Å². The van der Waals surface area contributed by atoms with Crippen LogP contribution in [0.3, 0.4) is 0 Å². The summed E-state index contributed by atoms with van der Waals surface area (Å²) in [5.74, 6) is 1.51. The van der Waals surface area contributed by atoms with E-state index in [1.807, 2.05) is 6.20 Å². The number of nitrogens with two attached hydrogens (primary N) is 1. The second-order valence-electron chi connectivity index (χ2n) is 3.37. The van der Waals surface area contributed by atoms with E-state index in [-0.39, 0.29) is 0 Å². The van der Waals surface area contributed by atoms with Crippen molar-refractivity contribution in [2.45, 2.75) is 18.8 Å². The molecule has 0 unspecified atom stereocenters. The van der Waals surface area contributed by atoms with Crippen molar-refractivity contribution in [2.75, 3.05) is 18.8 Å². The van der Waals surface area contributed by atoms with Gasteiger partial charge in [0.05, 0.1) is 0 Å². The normalized spacial score (nSPS) is 19.7. The SMILES string of the molecule is Nc1[nH]ccc1C1CCNCC1. The summed E-state index contributed by atoms with van der Waals surface area (Å²) in [4.78, 5) is 3.02. The van der Waals surface area contributed by atoms with Gasteiger partial charge in [-0.2, -0.15) is 0 Å². The summed E-state index contributed by atoms with van der Waals surface area (Å²) in [5, 5.41) is 3.35. The van der Waals surface area contributed by atoms with Crippen LogP contribution in [0.25, 0.3) is 0 Å². The summed E-state index contributed by atoms with van der Waals surface area (Å²) in [6.45, 7) is 2.24. The molecule has 1 fully saturated rings. The van der Waals surface area contributed by atoms with Gasteiger partial charge in [0, 0.05) is 6.20 Å². The second-order valence-corrected chi connectivity index (χ2v) is 3.37. The minimum atomic E-state index is 0.664. The van der Waals surface area contributed by atoms with Crippen LogP contribution >= 0.6 is 0 Å². The first kappa shape index (κ1) is 7.68. The number of hydrogen-bond acceptors (Lipinski definition) is 2. The quantitative estimate of drug-likeness (QED) is 0.583. The second kappa shape index (κ2) is 3.19. The van der Waals surface area contributed by atoms with Gasteiger partial charge in [0.2, 0.25) is 0 Å². The number of piperidine rings is 1. The van der Waals surface area contributed by atoms with Crippen LogP contribution < -0.4 is 11.1 Å². The van der Waals surface area contributed by atoms with E-state index >= 15 is 0 Å². The fraction of sp³-hybridized carbons (Fsp3) is 0.556. The number of rotatable bonds is 1. The molecule has 1 aliphatic heterocycles. The van der Waals surface area contributed by atoms with E-state index in [0.717, 1.165) is 18.9 Å². The van der Waals surface area contributed by atoms with E-state index < -0.39 is 0 Å². The zero-order valence-corrected chi connectivity index (χ0v) is 7.14. The molecule has 1 aromatic heterocycles. The first-order valence-corrected chi connectivity index (χ1v) is 4.51. The Bertz CT molecular complexity index is 248. The number of aromatic nitrogens is 1. The van der Waals surface area contributed by atoms with Crippen molar-refractivity contribution in [3.8, 4) is 0 Å². The highest BCUT2D eigenvalue weighted by Gasteiger charge is 2.17. The maximum atomic E-state index is 5.80. The number of nitrogens with one attached hydrogen (secondary N) is 2. The Morgan fingerprint density at radius 1 is 1.33 bits per heavy atom. The standard InChI is InChI=1S/C9H15N3/c10-9-8(3-6-12-9)7-1-4-11-5-2-7/h3,6-7,11-12H,1-2,4-5,10H2. The fourth-order valence-electron chi connectivity index (χ4n) is 1.88. The van der Waals surface area contributed by atoms with E-state index in [1.54, 1.807) is 0 Å². The number of aromatic amines is 1. The van der Waals surface area contributed by atoms with Gasteiger partial charge in [0.15, 0.2) is 0 Å². The highest BCUT2D eigenvalue weighted by molar-refractivity contribution is 5.42. The molecule has 1 aliphatic rings. The largest absolute Gasteiger partial charge is 0.385 e. The lowest BCUT2D eigenvalue weighted by Gasteiger charge is -2.22. The Kier molecular flexibility index (Phi) is 2.04. The van der Waals surface area contributed by atoms with Gasteiger partial charge in [-0.05, 0) is 43.5 Å². The number of hydrogen-bond donors (Lipinski definition) is 3. The topological polar surface area (TPSA) is 53.8 Å². The van der Waals surface area contributed by atoms with Crippen molar-refractivity contribution in [3.63, 3.8) is 0 Å². The molecule has 2 heterocycles. The van der Waals surface area contributed by atoms with Crippen LogP contribution in [-0.4, -0.2) is 18.1 Å². The molecule has 0 atom stereocenters. The maximum Gasteiger partial charge on any atom is 0.104 e. The average Bonchev–Trinajstić information content (AvgIpc) is 2.53. The number of anilines is 1. The summed E-state index contributed by atoms with van der Waals surface area (Å²) in [6, 6.07) is 2.10. The van der Waals surface area contributed by atoms with Crippen LogP contribution in [0, 0.1) is 0 Å². The van der Waals surface area contributed by atoms with Crippen molar-refractivity contribution in [1.82, 2.24) is 10.3 Å². The first-order valence-electron chi connectivity index (χ1n) is 4.51. The summed E-state index contributed by atoms with van der Waals surface area (Å²) < 4.78 is 0. The van der Waals surface area contributed by atoms with Gasteiger partial charge >= 0.3 is 0 Å². The molecule has 66 valence electrons. The van der Waals surface area contributed by atoms with Gasteiger partial charge in [-0.15, -0.1) is 0 Å². The first-order chi connectivity index (χ1) is 5.88. The number of H-pyrrole nitrogens is 1. The monoisotopic (exact) mass is 165 g/mol. The lowest BCUT2D eigenvalue weighted by Crippen LogP contribution is -2.26. The molecule has 0 spiro atoms. The summed E-state index contributed by atoms with van der Waals surface area (Å²) in [5.41, 5.74) is 7.10. The summed E-state index contributed by atoms with van der Waals surface area (Å²) in [7, 11) is 0. The van der Waals surface area contributed by atoms with Gasteiger partial charge in [-0.3, -0.25) is 0 Å². The van der Waals surface area contributed by atoms with Crippen molar-refractivity contribution in [1.29, 1.82) is 0 Å². The van der Waals surface area contributed by atoms with Gasteiger partial charge in [-0.1, -0.05) is 0 Å². The van der Waals surface area contributed by atoms with Gasteiger partial charge in [0.25, 0.3) is 0 Å². The third-order valence-electron chi connectivity index (χ3n) is 2.59. The van der Waals surface area contributed by atoms with Crippen molar-refractivity contribution in [3.05, 3.63) is 17.8 Å². The van der Waals surface area contributed by atoms with E-state index in [4.69, 9.17) is 5.73 Å². The predicted molar refractivity (Wildman–Crippen MR) is 50.0 cm³/mol. The van der Waals surface area contributed by atoms with Crippen molar-refractivity contribution in [2.24, 2.45) is 0 Å². The van der Waals surface area contributed by atoms with Crippen LogP contribution in [0.2, 0.25) is 0 Å². The molecular weight excluding hydrogens is 150 g/mol. The molecular formula is C9H15N3. The van der Waals surface area contributed by atoms with Crippen molar-refractivity contribution < 1.29 is 0 Å². The number of nitrogen functional groups attached to an aromatic ring is 1. The Morgan fingerprint density at radius 3 is 2.67 bits per heavy atom. The maximum absolute atomic E-state index is 5.80. The Balaban J connectivity index is 2.13. The van der Waals surface area contributed by atoms with E-state index in [2.05, 4.69) is 16.4 Å². The summed E-state index contributed by atoms with van der Waals surface area (Å²) >= 11 is 0. The smallest absolute Gasteiger partial charge is 0.104 e. The Labute approximate surface area is 72.3 Å². The molecule has 3 nitrogen and oxygen atoms in total. The van der Waals surface area contributed by atoms with Crippen LogP contribution in [0.5, 0.6) is 0 Å². The van der Waals surface area contributed by atoms with Crippen LogP contribution in [-0.2, 0) is 0 Å². The predicted octanol–water partition coefficient (Wildman–Crippen LogP) is 1.06. The zero-order valence-electron chi connectivity index (χ0n) is 7.14. The van der Waals surface area contributed by atoms with Gasteiger partial charge < -0.3 is 16.0 Å². The van der Waals surface area contributed by atoms with Gasteiger partial charge in [-0.25, -0.2) is 0 Å². The minimum absolute atomic E-state index is 0.664. The third-order valence-corrected chi connectivity index (χ3v) is 2.59.